The van der Waals surface area contributed by atoms with Crippen LogP contribution < -0.4 is 10.1 Å². The third-order valence-corrected chi connectivity index (χ3v) is 3.38. The van der Waals surface area contributed by atoms with Crippen LogP contribution in [0, 0.1) is 0 Å². The molecule has 1 N–H and O–H groups in total. The summed E-state index contributed by atoms with van der Waals surface area (Å²) in [5, 5.41) is 7.72. The smallest absolute Gasteiger partial charge is 0.122 e. The van der Waals surface area contributed by atoms with E-state index < -0.39 is 0 Å². The summed E-state index contributed by atoms with van der Waals surface area (Å²) in [6.45, 7) is 5.87. The number of benzene rings is 1. The van der Waals surface area contributed by atoms with Crippen LogP contribution >= 0.6 is 0 Å². The summed E-state index contributed by atoms with van der Waals surface area (Å²) in [5.74, 6) is 1.04. The first-order valence-electron chi connectivity index (χ1n) is 6.75. The summed E-state index contributed by atoms with van der Waals surface area (Å²) >= 11 is 0. The van der Waals surface area contributed by atoms with Crippen molar-refractivity contribution in [1.82, 2.24) is 9.78 Å². The lowest BCUT2D eigenvalue weighted by atomic mass is 10.1. The molecule has 2 heterocycles. The first-order chi connectivity index (χ1) is 9.22. The molecule has 0 unspecified atom stereocenters. The zero-order valence-corrected chi connectivity index (χ0v) is 11.4. The predicted octanol–water partition coefficient (Wildman–Crippen LogP) is 3.01. The van der Waals surface area contributed by atoms with Crippen LogP contribution in [0.4, 0.5) is 5.69 Å². The van der Waals surface area contributed by atoms with Crippen LogP contribution in [0.15, 0.2) is 30.6 Å². The molecular formula is C15H19N3O. The third-order valence-electron chi connectivity index (χ3n) is 3.38. The molecule has 0 fully saturated rings. The number of hydrogen-bond donors (Lipinski definition) is 1. The third kappa shape index (κ3) is 2.57. The van der Waals surface area contributed by atoms with Gasteiger partial charge in [-0.1, -0.05) is 12.1 Å². The molecule has 0 saturated carbocycles. The summed E-state index contributed by atoms with van der Waals surface area (Å²) in [5.41, 5.74) is 3.66. The van der Waals surface area contributed by atoms with Crippen molar-refractivity contribution in [2.24, 2.45) is 0 Å². The molecule has 1 aromatic heterocycles. The topological polar surface area (TPSA) is 39.1 Å². The fourth-order valence-electron chi connectivity index (χ4n) is 2.27. The predicted molar refractivity (Wildman–Crippen MR) is 75.6 cm³/mol. The highest BCUT2D eigenvalue weighted by atomic mass is 16.5. The minimum Gasteiger partial charge on any atom is -0.493 e. The number of rotatable bonds is 4. The SMILES string of the molecule is CC(C)n1cc(NCc2ccc3c(c2)CCO3)cn1. The summed E-state index contributed by atoms with van der Waals surface area (Å²) in [6, 6.07) is 6.80. The molecule has 1 aliphatic heterocycles. The van der Waals surface area contributed by atoms with E-state index in [1.165, 1.54) is 11.1 Å². The van der Waals surface area contributed by atoms with Crippen molar-refractivity contribution in [1.29, 1.82) is 0 Å². The number of aromatic nitrogens is 2. The number of nitrogens with zero attached hydrogens (tertiary/aromatic N) is 2. The minimum atomic E-state index is 0.396. The van der Waals surface area contributed by atoms with E-state index in [4.69, 9.17) is 4.74 Å². The summed E-state index contributed by atoms with van der Waals surface area (Å²) in [6.07, 6.45) is 4.94. The van der Waals surface area contributed by atoms with Gasteiger partial charge in [-0.15, -0.1) is 0 Å². The van der Waals surface area contributed by atoms with Crippen molar-refractivity contribution < 1.29 is 4.74 Å². The Hall–Kier alpha value is -1.97. The van der Waals surface area contributed by atoms with Gasteiger partial charge in [0.05, 0.1) is 18.5 Å². The summed E-state index contributed by atoms with van der Waals surface area (Å²) in [4.78, 5) is 0. The quantitative estimate of drug-likeness (QED) is 0.915. The Balaban J connectivity index is 1.65. The molecule has 0 saturated heterocycles. The van der Waals surface area contributed by atoms with Gasteiger partial charge < -0.3 is 10.1 Å². The normalized spacial score (nSPS) is 13.4. The van der Waals surface area contributed by atoms with Crippen molar-refractivity contribution >= 4 is 5.69 Å². The van der Waals surface area contributed by atoms with Crippen LogP contribution in [0.2, 0.25) is 0 Å². The van der Waals surface area contributed by atoms with Gasteiger partial charge in [-0.25, -0.2) is 0 Å². The van der Waals surface area contributed by atoms with E-state index in [0.717, 1.165) is 31.0 Å². The van der Waals surface area contributed by atoms with Gasteiger partial charge in [0, 0.05) is 25.2 Å². The van der Waals surface area contributed by atoms with Gasteiger partial charge >= 0.3 is 0 Å². The first-order valence-corrected chi connectivity index (χ1v) is 6.75. The maximum atomic E-state index is 5.51. The lowest BCUT2D eigenvalue weighted by Gasteiger charge is -2.06. The largest absolute Gasteiger partial charge is 0.493 e. The standard InChI is InChI=1S/C15H19N3O/c1-11(2)18-10-14(9-17-18)16-8-12-3-4-15-13(7-12)5-6-19-15/h3-4,7,9-11,16H,5-6,8H2,1-2H3. The maximum absolute atomic E-state index is 5.51. The molecule has 0 radical (unpaired) electrons. The van der Waals surface area contributed by atoms with E-state index >= 15 is 0 Å². The molecule has 3 rings (SSSR count). The van der Waals surface area contributed by atoms with Gasteiger partial charge in [-0.2, -0.15) is 5.10 Å². The highest BCUT2D eigenvalue weighted by Crippen LogP contribution is 2.26. The van der Waals surface area contributed by atoms with Crippen LogP contribution in [0.25, 0.3) is 0 Å². The molecule has 4 heteroatoms. The van der Waals surface area contributed by atoms with Gasteiger partial charge in [0.15, 0.2) is 0 Å². The van der Waals surface area contributed by atoms with E-state index in [2.05, 4.69) is 42.5 Å². The van der Waals surface area contributed by atoms with Crippen molar-refractivity contribution in [3.8, 4) is 5.75 Å². The number of anilines is 1. The van der Waals surface area contributed by atoms with Crippen LogP contribution in [0.3, 0.4) is 0 Å². The van der Waals surface area contributed by atoms with E-state index in [0.29, 0.717) is 6.04 Å². The van der Waals surface area contributed by atoms with E-state index in [1.54, 1.807) is 0 Å². The van der Waals surface area contributed by atoms with Crippen molar-refractivity contribution in [3.05, 3.63) is 41.7 Å². The van der Waals surface area contributed by atoms with Crippen molar-refractivity contribution in [2.75, 3.05) is 11.9 Å². The number of ether oxygens (including phenoxy) is 1. The lowest BCUT2D eigenvalue weighted by molar-refractivity contribution is 0.357. The van der Waals surface area contributed by atoms with Gasteiger partial charge in [0.1, 0.15) is 5.75 Å². The molecule has 1 aromatic carbocycles. The van der Waals surface area contributed by atoms with Gasteiger partial charge in [0.25, 0.3) is 0 Å². The summed E-state index contributed by atoms with van der Waals surface area (Å²) in [7, 11) is 0. The average Bonchev–Trinajstić information content (AvgIpc) is 3.04. The average molecular weight is 257 g/mol. The Kier molecular flexibility index (Phi) is 3.15. The monoisotopic (exact) mass is 257 g/mol. The fraction of sp³-hybridized carbons (Fsp3) is 0.400. The number of hydrogen-bond acceptors (Lipinski definition) is 3. The van der Waals surface area contributed by atoms with Gasteiger partial charge in [-0.3, -0.25) is 4.68 Å². The molecule has 4 nitrogen and oxygen atoms in total. The molecule has 0 atom stereocenters. The minimum absolute atomic E-state index is 0.396. The molecule has 1 aliphatic rings. The second kappa shape index (κ2) is 4.96. The Morgan fingerprint density at radius 3 is 3.11 bits per heavy atom. The maximum Gasteiger partial charge on any atom is 0.122 e. The fourth-order valence-corrected chi connectivity index (χ4v) is 2.27. The van der Waals surface area contributed by atoms with Crippen LogP contribution in [0.5, 0.6) is 5.75 Å². The van der Waals surface area contributed by atoms with Crippen LogP contribution in [-0.2, 0) is 13.0 Å². The molecule has 0 spiro atoms. The zero-order valence-electron chi connectivity index (χ0n) is 11.4. The number of nitrogens with one attached hydrogen (secondary N) is 1. The van der Waals surface area contributed by atoms with Crippen LogP contribution in [-0.4, -0.2) is 16.4 Å². The molecule has 100 valence electrons. The highest BCUT2D eigenvalue weighted by molar-refractivity contribution is 5.43. The van der Waals surface area contributed by atoms with Crippen LogP contribution in [0.1, 0.15) is 31.0 Å². The molecule has 0 amide bonds. The molecular weight excluding hydrogens is 238 g/mol. The van der Waals surface area contributed by atoms with Crippen molar-refractivity contribution in [3.63, 3.8) is 0 Å². The highest BCUT2D eigenvalue weighted by Gasteiger charge is 2.11. The van der Waals surface area contributed by atoms with E-state index in [-0.39, 0.29) is 0 Å². The Morgan fingerprint density at radius 2 is 2.32 bits per heavy atom. The lowest BCUT2D eigenvalue weighted by Crippen LogP contribution is -2.01. The summed E-state index contributed by atoms with van der Waals surface area (Å²) < 4.78 is 7.47. The van der Waals surface area contributed by atoms with E-state index in [1.807, 2.05) is 17.1 Å². The Morgan fingerprint density at radius 1 is 1.42 bits per heavy atom. The second-order valence-corrected chi connectivity index (χ2v) is 5.20. The van der Waals surface area contributed by atoms with Gasteiger partial charge in [0.2, 0.25) is 0 Å². The molecule has 0 aliphatic carbocycles. The first kappa shape index (κ1) is 12.1. The van der Waals surface area contributed by atoms with E-state index in [9.17, 15) is 0 Å². The molecule has 2 aromatic rings. The molecule has 0 bridgehead atoms. The van der Waals surface area contributed by atoms with Crippen molar-refractivity contribution in [2.45, 2.75) is 32.9 Å². The zero-order chi connectivity index (χ0) is 13.2. The van der Waals surface area contributed by atoms with Gasteiger partial charge in [-0.05, 0) is 31.0 Å². The molecule has 19 heavy (non-hydrogen) atoms. The Labute approximate surface area is 113 Å². The number of fused-ring (bicyclic) bond motifs is 1. The Bertz CT molecular complexity index is 575. The second-order valence-electron chi connectivity index (χ2n) is 5.20.